The second-order valence-corrected chi connectivity index (χ2v) is 6.54. The number of thioether (sulfide) groups is 1. The van der Waals surface area contributed by atoms with E-state index in [1.165, 1.54) is 16.7 Å². The summed E-state index contributed by atoms with van der Waals surface area (Å²) in [7, 11) is 0. The van der Waals surface area contributed by atoms with Crippen LogP contribution in [-0.2, 0) is 6.42 Å². The van der Waals surface area contributed by atoms with E-state index in [4.69, 9.17) is 4.99 Å². The second kappa shape index (κ2) is 6.35. The van der Waals surface area contributed by atoms with E-state index in [9.17, 15) is 0 Å². The smallest absolute Gasteiger partial charge is 0.161 e. The number of anilines is 1. The molecule has 1 N–H and O–H groups in total. The normalized spacial score (nSPS) is 17.6. The van der Waals surface area contributed by atoms with Gasteiger partial charge in [-0.3, -0.25) is 4.99 Å². The van der Waals surface area contributed by atoms with Crippen molar-refractivity contribution in [3.63, 3.8) is 0 Å². The van der Waals surface area contributed by atoms with Crippen LogP contribution >= 0.6 is 11.8 Å². The number of hydrogen-bond donors (Lipinski definition) is 1. The number of benzene rings is 2. The molecule has 3 rings (SSSR count). The van der Waals surface area contributed by atoms with Crippen molar-refractivity contribution in [3.05, 3.63) is 65.2 Å². The first-order chi connectivity index (χ1) is 10.2. The van der Waals surface area contributed by atoms with Gasteiger partial charge in [-0.2, -0.15) is 0 Å². The summed E-state index contributed by atoms with van der Waals surface area (Å²) in [6.45, 7) is 4.26. The first-order valence-electron chi connectivity index (χ1n) is 7.29. The van der Waals surface area contributed by atoms with Gasteiger partial charge in [-0.1, -0.05) is 59.8 Å². The lowest BCUT2D eigenvalue weighted by Crippen LogP contribution is -2.08. The second-order valence-electron chi connectivity index (χ2n) is 5.53. The third-order valence-corrected chi connectivity index (χ3v) is 4.68. The summed E-state index contributed by atoms with van der Waals surface area (Å²) in [6.07, 6.45) is 1.02. The van der Waals surface area contributed by atoms with Crippen molar-refractivity contribution < 1.29 is 0 Å². The minimum absolute atomic E-state index is 0.380. The molecular formula is C18H20N2S. The molecule has 0 aliphatic carbocycles. The lowest BCUT2D eigenvalue weighted by molar-refractivity contribution is 0.762. The van der Waals surface area contributed by atoms with Gasteiger partial charge in [-0.05, 0) is 37.5 Å². The molecule has 1 aliphatic rings. The molecule has 0 saturated carbocycles. The molecule has 0 radical (unpaired) electrons. The Balaban J connectivity index is 1.66. The fourth-order valence-corrected chi connectivity index (χ4v) is 3.49. The van der Waals surface area contributed by atoms with Crippen LogP contribution in [0.25, 0.3) is 0 Å². The number of aryl methyl sites for hydroxylation is 2. The van der Waals surface area contributed by atoms with Gasteiger partial charge in [0, 0.05) is 11.4 Å². The highest BCUT2D eigenvalue weighted by Crippen LogP contribution is 2.24. The topological polar surface area (TPSA) is 24.4 Å². The van der Waals surface area contributed by atoms with Crippen LogP contribution in [0, 0.1) is 13.8 Å². The van der Waals surface area contributed by atoms with Gasteiger partial charge in [-0.15, -0.1) is 0 Å². The molecule has 0 bridgehead atoms. The lowest BCUT2D eigenvalue weighted by atomic mass is 10.1. The molecule has 1 aliphatic heterocycles. The Labute approximate surface area is 130 Å². The van der Waals surface area contributed by atoms with Crippen LogP contribution in [0.2, 0.25) is 0 Å². The van der Waals surface area contributed by atoms with Gasteiger partial charge in [0.15, 0.2) is 5.17 Å². The molecule has 108 valence electrons. The molecule has 2 aromatic carbocycles. The largest absolute Gasteiger partial charge is 0.335 e. The highest BCUT2D eigenvalue weighted by atomic mass is 32.2. The van der Waals surface area contributed by atoms with Crippen molar-refractivity contribution in [2.24, 2.45) is 4.99 Å². The summed E-state index contributed by atoms with van der Waals surface area (Å²) >= 11 is 1.82. The molecule has 1 unspecified atom stereocenters. The molecule has 0 fully saturated rings. The SMILES string of the molecule is Cc1ccc(NC2=NC(Cc3ccccc3)CS2)c(C)c1. The van der Waals surface area contributed by atoms with Crippen molar-refractivity contribution in [1.29, 1.82) is 0 Å². The van der Waals surface area contributed by atoms with E-state index >= 15 is 0 Å². The van der Waals surface area contributed by atoms with Gasteiger partial charge >= 0.3 is 0 Å². The average molecular weight is 296 g/mol. The quantitative estimate of drug-likeness (QED) is 0.906. The van der Waals surface area contributed by atoms with Crippen molar-refractivity contribution in [2.45, 2.75) is 26.3 Å². The van der Waals surface area contributed by atoms with Gasteiger partial charge in [-0.25, -0.2) is 0 Å². The highest BCUT2D eigenvalue weighted by Gasteiger charge is 2.19. The summed E-state index contributed by atoms with van der Waals surface area (Å²) in [5, 5.41) is 4.51. The zero-order valence-electron chi connectivity index (χ0n) is 12.5. The van der Waals surface area contributed by atoms with Gasteiger partial charge in [0.05, 0.1) is 6.04 Å². The van der Waals surface area contributed by atoms with Gasteiger partial charge in [0.25, 0.3) is 0 Å². The predicted octanol–water partition coefficient (Wildman–Crippen LogP) is 4.43. The van der Waals surface area contributed by atoms with Crippen LogP contribution in [0.1, 0.15) is 16.7 Å². The number of amidine groups is 1. The molecule has 21 heavy (non-hydrogen) atoms. The monoisotopic (exact) mass is 296 g/mol. The maximum absolute atomic E-state index is 4.81. The van der Waals surface area contributed by atoms with Gasteiger partial charge in [0.1, 0.15) is 0 Å². The standard InChI is InChI=1S/C18H20N2S/c1-13-8-9-17(14(2)10-13)20-18-19-16(12-21-18)11-15-6-4-3-5-7-15/h3-10,16H,11-12H2,1-2H3,(H,19,20). The zero-order valence-corrected chi connectivity index (χ0v) is 13.3. The van der Waals surface area contributed by atoms with Crippen molar-refractivity contribution >= 4 is 22.6 Å². The molecular weight excluding hydrogens is 276 g/mol. The fourth-order valence-electron chi connectivity index (χ4n) is 2.54. The Kier molecular flexibility index (Phi) is 4.30. The van der Waals surface area contributed by atoms with E-state index in [0.29, 0.717) is 6.04 Å². The molecule has 1 atom stereocenters. The van der Waals surface area contributed by atoms with Crippen LogP contribution < -0.4 is 5.32 Å². The Morgan fingerprint density at radius 1 is 1.14 bits per heavy atom. The number of hydrogen-bond acceptors (Lipinski definition) is 3. The number of nitrogens with zero attached hydrogens (tertiary/aromatic N) is 1. The minimum Gasteiger partial charge on any atom is -0.335 e. The Morgan fingerprint density at radius 2 is 1.95 bits per heavy atom. The van der Waals surface area contributed by atoms with E-state index < -0.39 is 0 Å². The summed E-state index contributed by atoms with van der Waals surface area (Å²) < 4.78 is 0. The van der Waals surface area contributed by atoms with Crippen molar-refractivity contribution in [1.82, 2.24) is 0 Å². The van der Waals surface area contributed by atoms with Gasteiger partial charge in [0.2, 0.25) is 0 Å². The molecule has 2 aromatic rings. The third-order valence-electron chi connectivity index (χ3n) is 3.65. The first kappa shape index (κ1) is 14.2. The fraction of sp³-hybridized carbons (Fsp3) is 0.278. The average Bonchev–Trinajstić information content (AvgIpc) is 2.90. The minimum atomic E-state index is 0.380. The Bertz CT molecular complexity index is 650. The van der Waals surface area contributed by atoms with Crippen LogP contribution in [0.5, 0.6) is 0 Å². The van der Waals surface area contributed by atoms with E-state index in [1.807, 2.05) is 11.8 Å². The Morgan fingerprint density at radius 3 is 2.71 bits per heavy atom. The van der Waals surface area contributed by atoms with Crippen LogP contribution in [0.15, 0.2) is 53.5 Å². The molecule has 0 amide bonds. The first-order valence-corrected chi connectivity index (χ1v) is 8.28. The third kappa shape index (κ3) is 3.67. The highest BCUT2D eigenvalue weighted by molar-refractivity contribution is 8.14. The summed E-state index contributed by atoms with van der Waals surface area (Å²) in [6, 6.07) is 17.4. The summed E-state index contributed by atoms with van der Waals surface area (Å²) in [4.78, 5) is 4.81. The predicted molar refractivity (Wildman–Crippen MR) is 93.4 cm³/mol. The number of aliphatic imine (C=N–C) groups is 1. The molecule has 0 aromatic heterocycles. The van der Waals surface area contributed by atoms with E-state index in [-0.39, 0.29) is 0 Å². The van der Waals surface area contributed by atoms with Crippen LogP contribution in [0.3, 0.4) is 0 Å². The molecule has 0 spiro atoms. The zero-order chi connectivity index (χ0) is 14.7. The Hall–Kier alpha value is -1.74. The number of nitrogens with one attached hydrogen (secondary N) is 1. The van der Waals surface area contributed by atoms with Crippen molar-refractivity contribution in [3.8, 4) is 0 Å². The number of rotatable bonds is 3. The molecule has 3 heteroatoms. The molecule has 1 heterocycles. The summed E-state index contributed by atoms with van der Waals surface area (Å²) in [5.74, 6) is 1.06. The maximum Gasteiger partial charge on any atom is 0.161 e. The molecule has 2 nitrogen and oxygen atoms in total. The maximum atomic E-state index is 4.81. The van der Waals surface area contributed by atoms with Gasteiger partial charge < -0.3 is 5.32 Å². The van der Waals surface area contributed by atoms with Crippen molar-refractivity contribution in [2.75, 3.05) is 11.1 Å². The van der Waals surface area contributed by atoms with Crippen LogP contribution in [-0.4, -0.2) is 17.0 Å². The lowest BCUT2D eigenvalue weighted by Gasteiger charge is -2.09. The molecule has 0 saturated heterocycles. The van der Waals surface area contributed by atoms with E-state index in [2.05, 4.69) is 67.7 Å². The van der Waals surface area contributed by atoms with Crippen LogP contribution in [0.4, 0.5) is 5.69 Å². The summed E-state index contributed by atoms with van der Waals surface area (Å²) in [5.41, 5.74) is 5.08. The van der Waals surface area contributed by atoms with E-state index in [1.54, 1.807) is 0 Å². The van der Waals surface area contributed by atoms with E-state index in [0.717, 1.165) is 23.0 Å².